The van der Waals surface area contributed by atoms with E-state index in [0.29, 0.717) is 23.2 Å². The molecule has 7 heteroatoms. The maximum atomic E-state index is 6.23. The highest BCUT2D eigenvalue weighted by atomic mass is 79.9. The van der Waals surface area contributed by atoms with Crippen molar-refractivity contribution >= 4 is 15.9 Å². The second-order valence-electron chi connectivity index (χ2n) is 4.50. The zero-order valence-electron chi connectivity index (χ0n) is 12.2. The first kappa shape index (κ1) is 15.8. The summed E-state index contributed by atoms with van der Waals surface area (Å²) in [7, 11) is 3.16. The first-order valence-corrected chi connectivity index (χ1v) is 7.39. The molecule has 1 aromatic carbocycles. The molecule has 0 spiro atoms. The van der Waals surface area contributed by atoms with E-state index in [4.69, 9.17) is 19.7 Å². The number of benzene rings is 1. The van der Waals surface area contributed by atoms with Crippen molar-refractivity contribution in [3.63, 3.8) is 0 Å². The van der Waals surface area contributed by atoms with E-state index in [1.54, 1.807) is 20.3 Å². The topological polar surface area (TPSA) is 83.4 Å². The van der Waals surface area contributed by atoms with Crippen molar-refractivity contribution in [3.8, 4) is 11.5 Å². The maximum absolute atomic E-state index is 6.23. The summed E-state index contributed by atoms with van der Waals surface area (Å²) in [6.45, 7) is 2.05. The summed E-state index contributed by atoms with van der Waals surface area (Å²) >= 11 is 3.49. The minimum atomic E-state index is -0.506. The minimum absolute atomic E-state index is 0.450. The van der Waals surface area contributed by atoms with Crippen LogP contribution in [0.15, 0.2) is 21.1 Å². The molecule has 114 valence electrons. The Morgan fingerprint density at radius 2 is 1.95 bits per heavy atom. The van der Waals surface area contributed by atoms with Gasteiger partial charge in [0.15, 0.2) is 17.3 Å². The molecule has 0 fully saturated rings. The molecule has 2 aromatic rings. The molecule has 21 heavy (non-hydrogen) atoms. The lowest BCUT2D eigenvalue weighted by molar-refractivity contribution is 0.353. The van der Waals surface area contributed by atoms with Gasteiger partial charge in [0, 0.05) is 10.9 Å². The van der Waals surface area contributed by atoms with Gasteiger partial charge < -0.3 is 19.7 Å². The molecule has 0 radical (unpaired) electrons. The predicted octanol–water partition coefficient (Wildman–Crippen LogP) is 2.85. The zero-order chi connectivity index (χ0) is 15.4. The minimum Gasteiger partial charge on any atom is -0.493 e. The highest BCUT2D eigenvalue weighted by Gasteiger charge is 2.21. The molecule has 2 N–H and O–H groups in total. The van der Waals surface area contributed by atoms with Crippen molar-refractivity contribution in [1.29, 1.82) is 0 Å². The molecule has 1 unspecified atom stereocenters. The van der Waals surface area contributed by atoms with Crippen LogP contribution in [0.5, 0.6) is 11.5 Å². The average molecular weight is 356 g/mol. The molecule has 1 atom stereocenters. The van der Waals surface area contributed by atoms with Crippen LogP contribution < -0.4 is 15.2 Å². The highest BCUT2D eigenvalue weighted by Crippen LogP contribution is 2.36. The summed E-state index contributed by atoms with van der Waals surface area (Å²) in [5.74, 6) is 2.27. The van der Waals surface area contributed by atoms with Crippen molar-refractivity contribution in [3.05, 3.63) is 33.9 Å². The summed E-state index contributed by atoms with van der Waals surface area (Å²) in [6.07, 6.45) is 1.68. The van der Waals surface area contributed by atoms with Gasteiger partial charge in [0.25, 0.3) is 0 Å². The molecular weight excluding hydrogens is 338 g/mol. The standard InChI is InChI=1S/C14H18BrN3O3/c1-4-5-12-17-14(18-21-12)13(16)8-6-10(19-2)11(20-3)7-9(8)15/h6-7,13H,4-5,16H2,1-3H3. The van der Waals surface area contributed by atoms with Crippen LogP contribution in [0.4, 0.5) is 0 Å². The second-order valence-corrected chi connectivity index (χ2v) is 5.36. The summed E-state index contributed by atoms with van der Waals surface area (Å²) in [5.41, 5.74) is 7.03. The SMILES string of the molecule is CCCc1nc(C(N)c2cc(OC)c(OC)cc2Br)no1. The van der Waals surface area contributed by atoms with Gasteiger partial charge in [-0.25, -0.2) is 0 Å². The number of rotatable bonds is 6. The van der Waals surface area contributed by atoms with Crippen LogP contribution in [-0.4, -0.2) is 24.4 Å². The first-order chi connectivity index (χ1) is 10.1. The van der Waals surface area contributed by atoms with E-state index in [1.807, 2.05) is 6.07 Å². The Hall–Kier alpha value is -1.60. The van der Waals surface area contributed by atoms with E-state index < -0.39 is 6.04 Å². The summed E-state index contributed by atoms with van der Waals surface area (Å²) in [6, 6.07) is 3.11. The normalized spacial score (nSPS) is 12.2. The Morgan fingerprint density at radius 1 is 1.29 bits per heavy atom. The van der Waals surface area contributed by atoms with Gasteiger partial charge in [-0.1, -0.05) is 28.0 Å². The third-order valence-electron chi connectivity index (χ3n) is 3.06. The number of aryl methyl sites for hydroxylation is 1. The number of nitrogens with two attached hydrogens (primary N) is 1. The van der Waals surface area contributed by atoms with Crippen molar-refractivity contribution in [1.82, 2.24) is 10.1 Å². The molecule has 1 heterocycles. The van der Waals surface area contributed by atoms with Crippen LogP contribution in [0.3, 0.4) is 0 Å². The molecule has 0 aliphatic carbocycles. The molecule has 2 rings (SSSR count). The van der Waals surface area contributed by atoms with E-state index in [0.717, 1.165) is 22.9 Å². The number of ether oxygens (including phenoxy) is 2. The summed E-state index contributed by atoms with van der Waals surface area (Å²) in [5, 5.41) is 3.95. The van der Waals surface area contributed by atoms with Crippen LogP contribution in [-0.2, 0) is 6.42 Å². The van der Waals surface area contributed by atoms with Gasteiger partial charge in [-0.2, -0.15) is 4.98 Å². The lowest BCUT2D eigenvalue weighted by Crippen LogP contribution is -2.14. The van der Waals surface area contributed by atoms with E-state index in [-0.39, 0.29) is 0 Å². The van der Waals surface area contributed by atoms with Crippen molar-refractivity contribution in [2.24, 2.45) is 5.73 Å². The third-order valence-corrected chi connectivity index (χ3v) is 3.75. The van der Waals surface area contributed by atoms with Gasteiger partial charge in [-0.15, -0.1) is 0 Å². The molecular formula is C14H18BrN3O3. The third kappa shape index (κ3) is 3.36. The number of nitrogens with zero attached hydrogens (tertiary/aromatic N) is 2. The van der Waals surface area contributed by atoms with Crippen LogP contribution in [0.2, 0.25) is 0 Å². The Balaban J connectivity index is 2.35. The van der Waals surface area contributed by atoms with Gasteiger partial charge in [0.1, 0.15) is 0 Å². The quantitative estimate of drug-likeness (QED) is 0.857. The molecule has 0 saturated heterocycles. The van der Waals surface area contributed by atoms with Crippen LogP contribution >= 0.6 is 15.9 Å². The molecule has 0 saturated carbocycles. The lowest BCUT2D eigenvalue weighted by atomic mass is 10.1. The fourth-order valence-corrected chi connectivity index (χ4v) is 2.53. The molecule has 0 bridgehead atoms. The van der Waals surface area contributed by atoms with Crippen molar-refractivity contribution in [2.75, 3.05) is 14.2 Å². The van der Waals surface area contributed by atoms with E-state index >= 15 is 0 Å². The Morgan fingerprint density at radius 3 is 2.57 bits per heavy atom. The zero-order valence-corrected chi connectivity index (χ0v) is 13.8. The predicted molar refractivity (Wildman–Crippen MR) is 81.6 cm³/mol. The van der Waals surface area contributed by atoms with Crippen molar-refractivity contribution < 1.29 is 14.0 Å². The fourth-order valence-electron chi connectivity index (χ4n) is 1.96. The van der Waals surface area contributed by atoms with Crippen molar-refractivity contribution in [2.45, 2.75) is 25.8 Å². The largest absolute Gasteiger partial charge is 0.493 e. The Bertz CT molecular complexity index is 616. The van der Waals surface area contributed by atoms with Crippen LogP contribution in [0, 0.1) is 0 Å². The average Bonchev–Trinajstić information content (AvgIpc) is 2.95. The number of hydrogen-bond donors (Lipinski definition) is 1. The smallest absolute Gasteiger partial charge is 0.226 e. The van der Waals surface area contributed by atoms with Gasteiger partial charge in [0.2, 0.25) is 5.89 Å². The maximum Gasteiger partial charge on any atom is 0.226 e. The molecule has 0 amide bonds. The Labute approximate surface area is 131 Å². The van der Waals surface area contributed by atoms with E-state index in [9.17, 15) is 0 Å². The number of aromatic nitrogens is 2. The number of methoxy groups -OCH3 is 2. The fraction of sp³-hybridized carbons (Fsp3) is 0.429. The molecule has 0 aliphatic heterocycles. The van der Waals surface area contributed by atoms with Gasteiger partial charge in [-0.05, 0) is 24.1 Å². The van der Waals surface area contributed by atoms with Gasteiger partial charge in [0.05, 0.1) is 20.3 Å². The van der Waals surface area contributed by atoms with E-state index in [1.165, 1.54) is 0 Å². The molecule has 0 aliphatic rings. The molecule has 1 aromatic heterocycles. The highest BCUT2D eigenvalue weighted by molar-refractivity contribution is 9.10. The van der Waals surface area contributed by atoms with E-state index in [2.05, 4.69) is 33.0 Å². The van der Waals surface area contributed by atoms with Gasteiger partial charge in [-0.3, -0.25) is 0 Å². The number of hydrogen-bond acceptors (Lipinski definition) is 6. The first-order valence-electron chi connectivity index (χ1n) is 6.60. The number of halogens is 1. The Kier molecular flexibility index (Phi) is 5.19. The van der Waals surface area contributed by atoms with Crippen LogP contribution in [0.1, 0.15) is 36.7 Å². The second kappa shape index (κ2) is 6.91. The van der Waals surface area contributed by atoms with Gasteiger partial charge >= 0.3 is 0 Å². The summed E-state index contributed by atoms with van der Waals surface area (Å²) in [4.78, 5) is 4.32. The lowest BCUT2D eigenvalue weighted by Gasteiger charge is -2.14. The molecule has 6 nitrogen and oxygen atoms in total. The monoisotopic (exact) mass is 355 g/mol. The summed E-state index contributed by atoms with van der Waals surface area (Å²) < 4.78 is 16.5. The van der Waals surface area contributed by atoms with Crippen LogP contribution in [0.25, 0.3) is 0 Å².